The van der Waals surface area contributed by atoms with Gasteiger partial charge in [0.05, 0.1) is 4.90 Å². The van der Waals surface area contributed by atoms with Crippen molar-refractivity contribution in [3.8, 4) is 0 Å². The Kier molecular flexibility index (Phi) is 7.70. The maximum atomic E-state index is 12.7. The largest absolute Gasteiger partial charge is 0.372 e. The fourth-order valence-electron chi connectivity index (χ4n) is 3.56. The van der Waals surface area contributed by atoms with Gasteiger partial charge in [0.1, 0.15) is 0 Å². The van der Waals surface area contributed by atoms with Gasteiger partial charge < -0.3 is 15.1 Å². The minimum absolute atomic E-state index is 0.130. The van der Waals surface area contributed by atoms with E-state index in [0.29, 0.717) is 37.6 Å². The molecule has 0 aliphatic carbocycles. The number of rotatable bonds is 8. The zero-order valence-electron chi connectivity index (χ0n) is 17.4. The molecule has 0 atom stereocenters. The van der Waals surface area contributed by atoms with Gasteiger partial charge in [-0.2, -0.15) is 4.31 Å². The third kappa shape index (κ3) is 5.52. The van der Waals surface area contributed by atoms with Gasteiger partial charge in [-0.05, 0) is 37.6 Å². The number of piperazine rings is 1. The molecule has 2 aromatic rings. The lowest BCUT2D eigenvalue weighted by molar-refractivity contribution is 0.172. The van der Waals surface area contributed by atoms with Gasteiger partial charge in [0.25, 0.3) is 0 Å². The molecule has 162 valence electrons. The monoisotopic (exact) mass is 430 g/mol. The first-order valence-electron chi connectivity index (χ1n) is 10.4. The maximum Gasteiger partial charge on any atom is 0.317 e. The summed E-state index contributed by atoms with van der Waals surface area (Å²) in [7, 11) is -3.50. The van der Waals surface area contributed by atoms with Crippen molar-refractivity contribution in [3.63, 3.8) is 0 Å². The summed E-state index contributed by atoms with van der Waals surface area (Å²) in [5.74, 6) is 0. The topological polar surface area (TPSA) is 73.0 Å². The highest BCUT2D eigenvalue weighted by atomic mass is 32.2. The molecule has 2 amide bonds. The molecule has 0 radical (unpaired) electrons. The van der Waals surface area contributed by atoms with Crippen molar-refractivity contribution in [1.82, 2.24) is 14.5 Å². The molecule has 0 aromatic heterocycles. The molecule has 8 heteroatoms. The van der Waals surface area contributed by atoms with Crippen LogP contribution in [0.15, 0.2) is 65.6 Å². The molecule has 0 saturated carbocycles. The fraction of sp³-hybridized carbons (Fsp3) is 0.409. The summed E-state index contributed by atoms with van der Waals surface area (Å²) in [6.45, 7) is 5.88. The summed E-state index contributed by atoms with van der Waals surface area (Å²) in [6, 6.07) is 18.5. The van der Waals surface area contributed by atoms with Crippen molar-refractivity contribution in [2.75, 3.05) is 50.7 Å². The lowest BCUT2D eigenvalue weighted by Crippen LogP contribution is -2.53. The van der Waals surface area contributed by atoms with E-state index in [2.05, 4.69) is 29.3 Å². The average Bonchev–Trinajstić information content (AvgIpc) is 2.80. The predicted molar refractivity (Wildman–Crippen MR) is 119 cm³/mol. The summed E-state index contributed by atoms with van der Waals surface area (Å²) < 4.78 is 26.8. The summed E-state index contributed by atoms with van der Waals surface area (Å²) in [5, 5.41) is 2.96. The van der Waals surface area contributed by atoms with Crippen LogP contribution in [0.25, 0.3) is 0 Å². The molecule has 0 bridgehead atoms. The number of hydrogen-bond acceptors (Lipinski definition) is 4. The summed E-state index contributed by atoms with van der Waals surface area (Å²) in [4.78, 5) is 16.7. The Morgan fingerprint density at radius 2 is 1.57 bits per heavy atom. The van der Waals surface area contributed by atoms with Crippen LogP contribution in [-0.4, -0.2) is 69.5 Å². The maximum absolute atomic E-state index is 12.7. The van der Waals surface area contributed by atoms with Gasteiger partial charge in [0.15, 0.2) is 0 Å². The number of sulfonamides is 1. The minimum atomic E-state index is -3.50. The van der Waals surface area contributed by atoms with Crippen molar-refractivity contribution < 1.29 is 13.2 Å². The number of benzene rings is 2. The van der Waals surface area contributed by atoms with Crippen molar-refractivity contribution in [2.24, 2.45) is 0 Å². The van der Waals surface area contributed by atoms with Gasteiger partial charge in [0.2, 0.25) is 10.0 Å². The van der Waals surface area contributed by atoms with Crippen LogP contribution >= 0.6 is 0 Å². The molecule has 1 saturated heterocycles. The van der Waals surface area contributed by atoms with Gasteiger partial charge in [-0.25, -0.2) is 13.2 Å². The highest BCUT2D eigenvalue weighted by molar-refractivity contribution is 7.89. The van der Waals surface area contributed by atoms with Crippen molar-refractivity contribution >= 4 is 21.7 Å². The number of para-hydroxylation sites is 1. The van der Waals surface area contributed by atoms with Crippen molar-refractivity contribution in [1.29, 1.82) is 0 Å². The Morgan fingerprint density at radius 3 is 2.17 bits per heavy atom. The van der Waals surface area contributed by atoms with E-state index in [1.807, 2.05) is 18.2 Å². The Balaban J connectivity index is 1.41. The van der Waals surface area contributed by atoms with E-state index in [-0.39, 0.29) is 6.03 Å². The zero-order valence-corrected chi connectivity index (χ0v) is 18.2. The molecule has 1 aliphatic heterocycles. The van der Waals surface area contributed by atoms with Crippen LogP contribution in [-0.2, 0) is 10.0 Å². The molecule has 30 heavy (non-hydrogen) atoms. The van der Waals surface area contributed by atoms with E-state index in [1.54, 1.807) is 35.2 Å². The zero-order chi connectivity index (χ0) is 21.4. The van der Waals surface area contributed by atoms with Crippen LogP contribution in [0.5, 0.6) is 0 Å². The Bertz CT molecular complexity index is 898. The molecule has 1 N–H and O–H groups in total. The van der Waals surface area contributed by atoms with Crippen molar-refractivity contribution in [3.05, 3.63) is 60.7 Å². The Morgan fingerprint density at radius 1 is 0.967 bits per heavy atom. The standard InChI is InChI=1S/C22H30N4O3S/c1-2-24(20-10-5-3-6-11-20)15-9-14-23-22(27)25-16-18-26(19-17-25)30(28,29)21-12-7-4-8-13-21/h3-8,10-13H,2,9,14-19H2,1H3,(H,23,27). The predicted octanol–water partition coefficient (Wildman–Crippen LogP) is 2.62. The smallest absolute Gasteiger partial charge is 0.317 e. The number of nitrogens with zero attached hydrogens (tertiary/aromatic N) is 3. The lowest BCUT2D eigenvalue weighted by Gasteiger charge is -2.34. The molecular weight excluding hydrogens is 400 g/mol. The van der Waals surface area contributed by atoms with E-state index in [0.717, 1.165) is 19.5 Å². The molecule has 1 fully saturated rings. The number of carbonyl (C=O) groups excluding carboxylic acids is 1. The second-order valence-electron chi connectivity index (χ2n) is 7.20. The van der Waals surface area contributed by atoms with E-state index >= 15 is 0 Å². The van der Waals surface area contributed by atoms with Gasteiger partial charge in [-0.15, -0.1) is 0 Å². The first-order valence-corrected chi connectivity index (χ1v) is 11.8. The molecule has 1 aliphatic rings. The van der Waals surface area contributed by atoms with Gasteiger partial charge in [0, 0.05) is 51.5 Å². The fourth-order valence-corrected chi connectivity index (χ4v) is 5.00. The van der Waals surface area contributed by atoms with Crippen molar-refractivity contribution in [2.45, 2.75) is 18.2 Å². The molecular formula is C22H30N4O3S. The SMILES string of the molecule is CCN(CCCNC(=O)N1CCN(S(=O)(=O)c2ccccc2)CC1)c1ccccc1. The number of nitrogens with one attached hydrogen (secondary N) is 1. The molecule has 7 nitrogen and oxygen atoms in total. The molecule has 0 unspecified atom stereocenters. The van der Waals surface area contributed by atoms with Crippen LogP contribution < -0.4 is 10.2 Å². The third-order valence-corrected chi connectivity index (χ3v) is 7.20. The molecule has 0 spiro atoms. The first-order chi connectivity index (χ1) is 14.5. The van der Waals surface area contributed by atoms with Gasteiger partial charge in [-0.3, -0.25) is 0 Å². The number of urea groups is 1. The molecule has 3 rings (SSSR count). The van der Waals surface area contributed by atoms with Crippen LogP contribution in [0.1, 0.15) is 13.3 Å². The van der Waals surface area contributed by atoms with E-state index in [9.17, 15) is 13.2 Å². The average molecular weight is 431 g/mol. The van der Waals surface area contributed by atoms with Crippen LogP contribution in [0, 0.1) is 0 Å². The van der Waals surface area contributed by atoms with Gasteiger partial charge in [-0.1, -0.05) is 36.4 Å². The van der Waals surface area contributed by atoms with E-state index in [1.165, 1.54) is 9.99 Å². The van der Waals surface area contributed by atoms with Crippen LogP contribution in [0.4, 0.5) is 10.5 Å². The second-order valence-corrected chi connectivity index (χ2v) is 9.14. The normalized spacial score (nSPS) is 15.0. The lowest BCUT2D eigenvalue weighted by atomic mass is 10.2. The van der Waals surface area contributed by atoms with Gasteiger partial charge >= 0.3 is 6.03 Å². The highest BCUT2D eigenvalue weighted by Crippen LogP contribution is 2.17. The summed E-state index contributed by atoms with van der Waals surface area (Å²) >= 11 is 0. The molecule has 2 aromatic carbocycles. The highest BCUT2D eigenvalue weighted by Gasteiger charge is 2.29. The number of hydrogen-bond donors (Lipinski definition) is 1. The van der Waals surface area contributed by atoms with Crippen LogP contribution in [0.2, 0.25) is 0 Å². The first kappa shape index (κ1) is 22.1. The van der Waals surface area contributed by atoms with E-state index < -0.39 is 10.0 Å². The van der Waals surface area contributed by atoms with E-state index in [4.69, 9.17) is 0 Å². The summed E-state index contributed by atoms with van der Waals surface area (Å²) in [5.41, 5.74) is 1.18. The minimum Gasteiger partial charge on any atom is -0.372 e. The number of carbonyl (C=O) groups is 1. The quantitative estimate of drug-likeness (QED) is 0.654. The third-order valence-electron chi connectivity index (χ3n) is 5.29. The molecule has 1 heterocycles. The second kappa shape index (κ2) is 10.4. The number of anilines is 1. The summed E-state index contributed by atoms with van der Waals surface area (Å²) in [6.07, 6.45) is 0.844. The Hall–Kier alpha value is -2.58. The van der Waals surface area contributed by atoms with Crippen LogP contribution in [0.3, 0.4) is 0 Å². The Labute approximate surface area is 179 Å². The number of amides is 2.